The third kappa shape index (κ3) is 7.30. The minimum Gasteiger partial charge on any atom is -0.374 e. The van der Waals surface area contributed by atoms with Crippen LogP contribution in [0.5, 0.6) is 0 Å². The number of halogens is 1. The van der Waals surface area contributed by atoms with Crippen LogP contribution in [-0.2, 0) is 31.0 Å². The van der Waals surface area contributed by atoms with Crippen LogP contribution >= 0.6 is 11.6 Å². The molecule has 2 aliphatic carbocycles. The highest BCUT2D eigenvalue weighted by atomic mass is 35.5. The summed E-state index contributed by atoms with van der Waals surface area (Å²) in [6.07, 6.45) is 5.28. The third-order valence-electron chi connectivity index (χ3n) is 9.15. The number of carbonyl (C=O) groups is 2. The van der Waals surface area contributed by atoms with Crippen LogP contribution in [0.25, 0.3) is 4.91 Å². The summed E-state index contributed by atoms with van der Waals surface area (Å²) in [5.74, 6) is -0.474. The van der Waals surface area contributed by atoms with E-state index in [9.17, 15) is 18.0 Å². The summed E-state index contributed by atoms with van der Waals surface area (Å²) in [6.45, 7) is 6.14. The minimum atomic E-state index is -3.85. The summed E-state index contributed by atoms with van der Waals surface area (Å²) in [5.41, 5.74) is 6.44. The molecule has 0 saturated heterocycles. The van der Waals surface area contributed by atoms with Crippen LogP contribution in [-0.4, -0.2) is 72.8 Å². The van der Waals surface area contributed by atoms with Crippen molar-refractivity contribution in [1.82, 2.24) is 14.5 Å². The van der Waals surface area contributed by atoms with Crippen LogP contribution in [0.2, 0.25) is 5.02 Å². The molecule has 1 atom stereocenters. The Balaban J connectivity index is 1.50. The maximum absolute atomic E-state index is 14.5. The number of nitrogens with one attached hydrogen (secondary N) is 1. The van der Waals surface area contributed by atoms with Crippen LogP contribution in [0, 0.1) is 5.92 Å². The molecule has 45 heavy (non-hydrogen) atoms. The first-order valence-electron chi connectivity index (χ1n) is 15.9. The van der Waals surface area contributed by atoms with E-state index in [0.29, 0.717) is 42.4 Å². The van der Waals surface area contributed by atoms with Crippen molar-refractivity contribution in [3.8, 4) is 0 Å². The molecule has 244 valence electrons. The van der Waals surface area contributed by atoms with E-state index in [2.05, 4.69) is 5.32 Å². The number of amides is 2. The van der Waals surface area contributed by atoms with Crippen LogP contribution in [0.3, 0.4) is 0 Å². The lowest BCUT2D eigenvalue weighted by atomic mass is 9.85. The van der Waals surface area contributed by atoms with Crippen LogP contribution in [0.4, 0.5) is 0 Å². The Morgan fingerprint density at radius 2 is 1.76 bits per heavy atom. The zero-order valence-corrected chi connectivity index (χ0v) is 28.0. The molecule has 9 nitrogen and oxygen atoms in total. The number of ether oxygens (including phenoxy) is 1. The maximum Gasteiger partial charge on any atom is 0.247 e. The quantitative estimate of drug-likeness (QED) is 0.322. The van der Waals surface area contributed by atoms with Crippen molar-refractivity contribution in [3.63, 3.8) is 0 Å². The fraction of sp³-hybridized carbons (Fsp3) is 0.529. The molecule has 2 fully saturated rings. The monoisotopic (exact) mass is 656 g/mol. The van der Waals surface area contributed by atoms with Gasteiger partial charge in [-0.3, -0.25) is 9.59 Å². The molecule has 2 aromatic carbocycles. The first kappa shape index (κ1) is 33.6. The van der Waals surface area contributed by atoms with Gasteiger partial charge in [0, 0.05) is 24.7 Å². The zero-order valence-electron chi connectivity index (χ0n) is 26.4. The first-order chi connectivity index (χ1) is 21.4. The van der Waals surface area contributed by atoms with Gasteiger partial charge in [0.1, 0.15) is 6.04 Å². The lowest BCUT2D eigenvalue weighted by molar-refractivity contribution is -0.139. The lowest BCUT2D eigenvalue weighted by Crippen LogP contribution is -2.58. The summed E-state index contributed by atoms with van der Waals surface area (Å²) < 4.78 is 36.6. The van der Waals surface area contributed by atoms with Gasteiger partial charge in [-0.25, -0.2) is 8.42 Å². The van der Waals surface area contributed by atoms with Crippen molar-refractivity contribution >= 4 is 38.3 Å². The fourth-order valence-electron chi connectivity index (χ4n) is 6.46. The number of hydrogen-bond acceptors (Lipinski definition) is 6. The van der Waals surface area contributed by atoms with E-state index in [1.54, 1.807) is 47.3 Å². The molecular weight excluding hydrogens is 612 g/mol. The van der Waals surface area contributed by atoms with Gasteiger partial charge < -0.3 is 20.7 Å². The minimum absolute atomic E-state index is 0.0631. The average molecular weight is 657 g/mol. The van der Waals surface area contributed by atoms with Crippen molar-refractivity contribution in [3.05, 3.63) is 76.3 Å². The van der Waals surface area contributed by atoms with Crippen molar-refractivity contribution in [2.45, 2.75) is 83.0 Å². The number of nitrogens with two attached hydrogens (primary N) is 1. The van der Waals surface area contributed by atoms with Crippen molar-refractivity contribution < 1.29 is 22.7 Å². The van der Waals surface area contributed by atoms with Gasteiger partial charge in [-0.1, -0.05) is 66.9 Å². The largest absolute Gasteiger partial charge is 0.374 e. The number of hydrogen-bond donors (Lipinski definition) is 2. The summed E-state index contributed by atoms with van der Waals surface area (Å²) in [7, 11) is -3.85. The van der Waals surface area contributed by atoms with Gasteiger partial charge in [0.2, 0.25) is 21.8 Å². The van der Waals surface area contributed by atoms with E-state index in [-0.39, 0.29) is 30.6 Å². The van der Waals surface area contributed by atoms with E-state index in [4.69, 9.17) is 22.1 Å². The van der Waals surface area contributed by atoms with Gasteiger partial charge >= 0.3 is 0 Å². The van der Waals surface area contributed by atoms with Gasteiger partial charge in [0.15, 0.2) is 0 Å². The molecule has 0 unspecified atom stereocenters. The maximum atomic E-state index is 14.5. The normalized spacial score (nSPS) is 20.0. The molecule has 11 heteroatoms. The highest BCUT2D eigenvalue weighted by Gasteiger charge is 2.57. The average Bonchev–Trinajstić information content (AvgIpc) is 3.67. The third-order valence-corrected chi connectivity index (χ3v) is 11.5. The molecule has 3 aliphatic rings. The number of likely N-dealkylation sites (N-methyl/N-ethyl adjacent to an activating group) is 1. The van der Waals surface area contributed by atoms with E-state index in [0.717, 1.165) is 36.8 Å². The van der Waals surface area contributed by atoms with E-state index in [1.807, 2.05) is 37.3 Å². The first-order valence-corrected chi connectivity index (χ1v) is 17.7. The van der Waals surface area contributed by atoms with Crippen molar-refractivity contribution in [2.24, 2.45) is 11.7 Å². The Morgan fingerprint density at radius 1 is 1.11 bits per heavy atom. The Morgan fingerprint density at radius 3 is 2.33 bits per heavy atom. The molecule has 0 bridgehead atoms. The van der Waals surface area contributed by atoms with Crippen LogP contribution in [0.1, 0.15) is 70.4 Å². The van der Waals surface area contributed by atoms with E-state index >= 15 is 0 Å². The molecule has 0 radical (unpaired) electrons. The van der Waals surface area contributed by atoms with Gasteiger partial charge in [-0.15, -0.1) is 0 Å². The van der Waals surface area contributed by atoms with Crippen molar-refractivity contribution in [2.75, 3.05) is 26.2 Å². The smallest absolute Gasteiger partial charge is 0.247 e. The predicted octanol–water partition coefficient (Wildman–Crippen LogP) is 4.71. The second-order valence-electron chi connectivity index (χ2n) is 13.1. The molecule has 2 aromatic rings. The van der Waals surface area contributed by atoms with E-state index < -0.39 is 33.1 Å². The molecular formula is C34H45ClN4O5S. The number of sulfonamides is 1. The van der Waals surface area contributed by atoms with Gasteiger partial charge in [-0.2, -0.15) is 4.31 Å². The molecule has 1 aliphatic heterocycles. The predicted molar refractivity (Wildman–Crippen MR) is 176 cm³/mol. The standard InChI is InChI=1S/C34H45ClN4O5S/c1-4-38(31(40)29(37-32(41)33(2,3)36)23-44-22-25-10-6-5-7-11-25)21-28-30(26-14-16-27(35)17-15-26)45(42,43)39(20-24-12-13-24)34(28)18-8-9-19-34/h5-7,10-11,14-17,24,29H,4,8-9,12-13,18-23,36H2,1-3H3,(H,37,41)/t29-/m1/s1. The van der Waals surface area contributed by atoms with Gasteiger partial charge in [0.25, 0.3) is 0 Å². The second kappa shape index (κ2) is 13.5. The second-order valence-corrected chi connectivity index (χ2v) is 15.4. The van der Waals surface area contributed by atoms with Gasteiger partial charge in [-0.05, 0) is 81.2 Å². The number of rotatable bonds is 13. The summed E-state index contributed by atoms with van der Waals surface area (Å²) in [5, 5.41) is 3.33. The van der Waals surface area contributed by atoms with E-state index in [1.165, 1.54) is 0 Å². The summed E-state index contributed by atoms with van der Waals surface area (Å²) >= 11 is 6.21. The molecule has 0 aromatic heterocycles. The molecule has 2 saturated carbocycles. The Bertz CT molecular complexity index is 1510. The highest BCUT2D eigenvalue weighted by Crippen LogP contribution is 2.54. The lowest BCUT2D eigenvalue weighted by Gasteiger charge is -2.38. The fourth-order valence-corrected chi connectivity index (χ4v) is 8.97. The Labute approximate surface area is 272 Å². The molecule has 3 N–H and O–H groups in total. The van der Waals surface area contributed by atoms with Crippen molar-refractivity contribution in [1.29, 1.82) is 0 Å². The zero-order chi connectivity index (χ0) is 32.4. The van der Waals surface area contributed by atoms with Crippen LogP contribution in [0.15, 0.2) is 60.2 Å². The number of benzene rings is 2. The molecule has 2 amide bonds. The molecule has 1 spiro atoms. The summed E-state index contributed by atoms with van der Waals surface area (Å²) in [6, 6.07) is 15.5. The van der Waals surface area contributed by atoms with Gasteiger partial charge in [0.05, 0.1) is 29.2 Å². The topological polar surface area (TPSA) is 122 Å². The summed E-state index contributed by atoms with van der Waals surface area (Å²) in [4.78, 5) is 29.2. The molecule has 5 rings (SSSR count). The molecule has 1 heterocycles. The Kier molecular flexibility index (Phi) is 10.1. The Hall–Kier alpha value is -2.76. The SMILES string of the molecule is CCN(CC1=C(c2ccc(Cl)cc2)S(=O)(=O)N(CC2CC2)C12CCCC2)C(=O)[C@@H](COCc1ccccc1)NC(=O)C(C)(C)N. The highest BCUT2D eigenvalue weighted by molar-refractivity contribution is 7.98. The number of carbonyl (C=O) groups excluding carboxylic acids is 2. The number of nitrogens with zero attached hydrogens (tertiary/aromatic N) is 2. The van der Waals surface area contributed by atoms with Crippen LogP contribution < -0.4 is 11.1 Å².